The zero-order valence-electron chi connectivity index (χ0n) is 11.6. The number of para-hydroxylation sites is 1. The van der Waals surface area contributed by atoms with Crippen LogP contribution >= 0.6 is 0 Å². The molecule has 1 aromatic carbocycles. The number of carboxylic acids is 1. The average molecular weight is 278 g/mol. The molecule has 2 rings (SSSR count). The number of carbonyl (C=O) groups is 1. The van der Waals surface area contributed by atoms with Crippen LogP contribution in [0.25, 0.3) is 0 Å². The van der Waals surface area contributed by atoms with E-state index in [1.807, 2.05) is 4.90 Å². The number of hydrogen-bond acceptors (Lipinski definition) is 4. The highest BCUT2D eigenvalue weighted by molar-refractivity contribution is 5.95. The summed E-state index contributed by atoms with van der Waals surface area (Å²) in [6.07, 6.45) is 1.86. The smallest absolute Gasteiger partial charge is 0.342 e. The number of benzene rings is 1. The SMILES string of the molecule is CC1(C)CCN(c2cccc(C(=O)O)c2[N+](=O)[O-])CC1. The lowest BCUT2D eigenvalue weighted by molar-refractivity contribution is -0.384. The van der Waals surface area contributed by atoms with Crippen molar-refractivity contribution in [1.82, 2.24) is 0 Å². The molecule has 0 radical (unpaired) electrons. The van der Waals surface area contributed by atoms with Crippen molar-refractivity contribution >= 4 is 17.3 Å². The number of aromatic carboxylic acids is 1. The predicted octanol–water partition coefficient (Wildman–Crippen LogP) is 2.92. The van der Waals surface area contributed by atoms with Gasteiger partial charge in [-0.25, -0.2) is 4.79 Å². The van der Waals surface area contributed by atoms with Crippen molar-refractivity contribution in [2.45, 2.75) is 26.7 Å². The molecule has 0 aliphatic carbocycles. The van der Waals surface area contributed by atoms with E-state index in [1.54, 1.807) is 12.1 Å². The van der Waals surface area contributed by atoms with Crippen LogP contribution in [0.15, 0.2) is 18.2 Å². The second kappa shape index (κ2) is 5.11. The molecule has 1 fully saturated rings. The van der Waals surface area contributed by atoms with E-state index >= 15 is 0 Å². The summed E-state index contributed by atoms with van der Waals surface area (Å²) in [5.74, 6) is -1.27. The molecule has 0 unspecified atom stereocenters. The van der Waals surface area contributed by atoms with E-state index in [2.05, 4.69) is 13.8 Å². The zero-order chi connectivity index (χ0) is 14.9. The molecule has 1 aliphatic heterocycles. The van der Waals surface area contributed by atoms with Crippen LogP contribution < -0.4 is 4.90 Å². The maximum absolute atomic E-state index is 11.2. The first kappa shape index (κ1) is 14.3. The zero-order valence-corrected chi connectivity index (χ0v) is 11.6. The Morgan fingerprint density at radius 1 is 1.35 bits per heavy atom. The normalized spacial score (nSPS) is 17.8. The summed E-state index contributed by atoms with van der Waals surface area (Å²) < 4.78 is 0. The lowest BCUT2D eigenvalue weighted by Gasteiger charge is -2.37. The van der Waals surface area contributed by atoms with Gasteiger partial charge in [0.2, 0.25) is 0 Å². The predicted molar refractivity (Wildman–Crippen MR) is 75.3 cm³/mol. The van der Waals surface area contributed by atoms with Crippen LogP contribution in [-0.4, -0.2) is 29.1 Å². The van der Waals surface area contributed by atoms with Crippen molar-refractivity contribution in [3.05, 3.63) is 33.9 Å². The first-order chi connectivity index (χ1) is 9.32. The number of rotatable bonds is 3. The molecule has 1 saturated heterocycles. The summed E-state index contributed by atoms with van der Waals surface area (Å²) in [4.78, 5) is 23.7. The molecule has 0 aromatic heterocycles. The van der Waals surface area contributed by atoms with Crippen molar-refractivity contribution < 1.29 is 14.8 Å². The van der Waals surface area contributed by atoms with Crippen LogP contribution in [0.2, 0.25) is 0 Å². The van der Waals surface area contributed by atoms with Gasteiger partial charge >= 0.3 is 11.7 Å². The standard InChI is InChI=1S/C14H18N2O4/c1-14(2)6-8-15(9-7-14)11-5-3-4-10(13(17)18)12(11)16(19)20/h3-5H,6-9H2,1-2H3,(H,17,18). The average Bonchev–Trinajstić information content (AvgIpc) is 2.37. The van der Waals surface area contributed by atoms with Gasteiger partial charge in [-0.3, -0.25) is 10.1 Å². The minimum absolute atomic E-state index is 0.232. The Kier molecular flexibility index (Phi) is 3.65. The van der Waals surface area contributed by atoms with Gasteiger partial charge in [0.15, 0.2) is 0 Å². The van der Waals surface area contributed by atoms with Crippen LogP contribution in [0.4, 0.5) is 11.4 Å². The highest BCUT2D eigenvalue weighted by Crippen LogP contribution is 2.37. The van der Waals surface area contributed by atoms with Gasteiger partial charge in [0.1, 0.15) is 11.3 Å². The molecule has 1 aromatic rings. The van der Waals surface area contributed by atoms with Crippen LogP contribution in [0, 0.1) is 15.5 Å². The number of nitrogens with zero attached hydrogens (tertiary/aromatic N) is 2. The molecule has 0 bridgehead atoms. The van der Waals surface area contributed by atoms with E-state index in [0.29, 0.717) is 18.8 Å². The van der Waals surface area contributed by atoms with E-state index in [-0.39, 0.29) is 16.7 Å². The fourth-order valence-electron chi connectivity index (χ4n) is 2.50. The van der Waals surface area contributed by atoms with E-state index in [4.69, 9.17) is 5.11 Å². The Morgan fingerprint density at radius 2 is 1.95 bits per heavy atom. The van der Waals surface area contributed by atoms with Gasteiger partial charge in [-0.2, -0.15) is 0 Å². The summed E-state index contributed by atoms with van der Waals surface area (Å²) >= 11 is 0. The van der Waals surface area contributed by atoms with Gasteiger partial charge in [0, 0.05) is 13.1 Å². The van der Waals surface area contributed by atoms with Gasteiger partial charge in [0.25, 0.3) is 0 Å². The van der Waals surface area contributed by atoms with Crippen molar-refractivity contribution in [2.75, 3.05) is 18.0 Å². The molecular formula is C14H18N2O4. The molecule has 1 aliphatic rings. The Balaban J connectivity index is 2.40. The fourth-order valence-corrected chi connectivity index (χ4v) is 2.50. The summed E-state index contributed by atoms with van der Waals surface area (Å²) in [7, 11) is 0. The maximum Gasteiger partial charge on any atom is 0.342 e. The number of anilines is 1. The maximum atomic E-state index is 11.2. The van der Waals surface area contributed by atoms with Gasteiger partial charge < -0.3 is 10.0 Å². The Hall–Kier alpha value is -2.11. The van der Waals surface area contributed by atoms with Crippen LogP contribution in [0.3, 0.4) is 0 Å². The van der Waals surface area contributed by atoms with Crippen molar-refractivity contribution in [3.63, 3.8) is 0 Å². The lowest BCUT2D eigenvalue weighted by atomic mass is 9.82. The number of carboxylic acid groups (broad SMARTS) is 1. The Morgan fingerprint density at radius 3 is 2.45 bits per heavy atom. The summed E-state index contributed by atoms with van der Waals surface area (Å²) in [5, 5.41) is 20.3. The third-order valence-electron chi connectivity index (χ3n) is 3.89. The van der Waals surface area contributed by atoms with Gasteiger partial charge in [0.05, 0.1) is 4.92 Å². The molecule has 0 saturated carbocycles. The van der Waals surface area contributed by atoms with E-state index < -0.39 is 10.9 Å². The number of nitro benzene ring substituents is 1. The van der Waals surface area contributed by atoms with Crippen LogP contribution in [0.5, 0.6) is 0 Å². The lowest BCUT2D eigenvalue weighted by Crippen LogP contribution is -2.37. The van der Waals surface area contributed by atoms with E-state index in [9.17, 15) is 14.9 Å². The molecule has 1 heterocycles. The quantitative estimate of drug-likeness (QED) is 0.678. The molecule has 6 nitrogen and oxygen atoms in total. The van der Waals surface area contributed by atoms with Gasteiger partial charge in [-0.05, 0) is 30.4 Å². The Labute approximate surface area is 117 Å². The second-order valence-electron chi connectivity index (χ2n) is 5.89. The van der Waals surface area contributed by atoms with Crippen LogP contribution in [0.1, 0.15) is 37.0 Å². The van der Waals surface area contributed by atoms with Crippen LogP contribution in [-0.2, 0) is 0 Å². The number of hydrogen-bond donors (Lipinski definition) is 1. The van der Waals surface area contributed by atoms with E-state index in [1.165, 1.54) is 6.07 Å². The number of nitro groups is 1. The minimum atomic E-state index is -1.27. The largest absolute Gasteiger partial charge is 0.477 e. The molecular weight excluding hydrogens is 260 g/mol. The topological polar surface area (TPSA) is 83.7 Å². The first-order valence-corrected chi connectivity index (χ1v) is 6.57. The minimum Gasteiger partial charge on any atom is -0.477 e. The second-order valence-corrected chi connectivity index (χ2v) is 5.89. The molecule has 0 amide bonds. The fraction of sp³-hybridized carbons (Fsp3) is 0.500. The molecule has 0 atom stereocenters. The monoisotopic (exact) mass is 278 g/mol. The third-order valence-corrected chi connectivity index (χ3v) is 3.89. The molecule has 108 valence electrons. The molecule has 6 heteroatoms. The summed E-state index contributed by atoms with van der Waals surface area (Å²) in [6.45, 7) is 5.76. The summed E-state index contributed by atoms with van der Waals surface area (Å²) in [5.41, 5.74) is 0.0813. The van der Waals surface area contributed by atoms with E-state index in [0.717, 1.165) is 12.8 Å². The third kappa shape index (κ3) is 2.74. The molecule has 0 spiro atoms. The number of piperidine rings is 1. The Bertz CT molecular complexity index is 544. The summed E-state index contributed by atoms with van der Waals surface area (Å²) in [6, 6.07) is 4.46. The van der Waals surface area contributed by atoms with Crippen molar-refractivity contribution in [2.24, 2.45) is 5.41 Å². The molecule has 20 heavy (non-hydrogen) atoms. The first-order valence-electron chi connectivity index (χ1n) is 6.57. The van der Waals surface area contributed by atoms with Crippen molar-refractivity contribution in [1.29, 1.82) is 0 Å². The molecule has 1 N–H and O–H groups in total. The van der Waals surface area contributed by atoms with Gasteiger partial charge in [-0.1, -0.05) is 19.9 Å². The van der Waals surface area contributed by atoms with Crippen molar-refractivity contribution in [3.8, 4) is 0 Å². The highest BCUT2D eigenvalue weighted by atomic mass is 16.6. The highest BCUT2D eigenvalue weighted by Gasteiger charge is 2.31. The van der Waals surface area contributed by atoms with Gasteiger partial charge in [-0.15, -0.1) is 0 Å².